The molecular formula is C26H28S3. The summed E-state index contributed by atoms with van der Waals surface area (Å²) >= 11 is 5.85. The highest BCUT2D eigenvalue weighted by Crippen LogP contribution is 2.44. The predicted molar refractivity (Wildman–Crippen MR) is 136 cm³/mol. The molecule has 29 heavy (non-hydrogen) atoms. The van der Waals surface area contributed by atoms with Gasteiger partial charge in [0.15, 0.2) is 0 Å². The van der Waals surface area contributed by atoms with Crippen molar-refractivity contribution in [3.63, 3.8) is 0 Å². The quantitative estimate of drug-likeness (QED) is 0.202. The minimum atomic E-state index is 1.25. The molecule has 0 N–H and O–H groups in total. The molecule has 0 bridgehead atoms. The normalized spacial score (nSPS) is 12.2. The highest BCUT2D eigenvalue weighted by atomic mass is 32.1. The van der Waals surface area contributed by atoms with E-state index in [0.29, 0.717) is 0 Å². The molecule has 150 valence electrons. The van der Waals surface area contributed by atoms with E-state index in [1.165, 1.54) is 98.1 Å². The minimum Gasteiger partial charge on any atom is -0.144 e. The molecule has 0 aliphatic heterocycles. The summed E-state index contributed by atoms with van der Waals surface area (Å²) in [4.78, 5) is 1.57. The van der Waals surface area contributed by atoms with Crippen LogP contribution in [0.2, 0.25) is 0 Å². The molecule has 0 unspecified atom stereocenters. The molecule has 0 amide bonds. The zero-order valence-electron chi connectivity index (χ0n) is 17.1. The molecule has 5 rings (SSSR count). The Labute approximate surface area is 185 Å². The van der Waals surface area contributed by atoms with Gasteiger partial charge in [-0.1, -0.05) is 64.0 Å². The number of thiophene rings is 3. The molecule has 5 aromatic rings. The van der Waals surface area contributed by atoms with Crippen molar-refractivity contribution in [1.29, 1.82) is 0 Å². The highest BCUT2D eigenvalue weighted by Gasteiger charge is 2.13. The molecule has 0 saturated carbocycles. The lowest BCUT2D eigenvalue weighted by Crippen LogP contribution is -1.83. The monoisotopic (exact) mass is 436 g/mol. The fourth-order valence-corrected chi connectivity index (χ4v) is 7.84. The van der Waals surface area contributed by atoms with Crippen molar-refractivity contribution < 1.29 is 0 Å². The van der Waals surface area contributed by atoms with Gasteiger partial charge in [-0.25, -0.2) is 0 Å². The van der Waals surface area contributed by atoms with Crippen molar-refractivity contribution in [2.24, 2.45) is 0 Å². The largest absolute Gasteiger partial charge is 0.144 e. The molecule has 0 aliphatic rings. The van der Waals surface area contributed by atoms with Crippen LogP contribution in [0.25, 0.3) is 40.3 Å². The van der Waals surface area contributed by atoms with E-state index in [0.717, 1.165) is 0 Å². The summed E-state index contributed by atoms with van der Waals surface area (Å²) in [5.74, 6) is 0. The maximum Gasteiger partial charge on any atom is 0.0442 e. The Morgan fingerprint density at radius 2 is 1.31 bits per heavy atom. The van der Waals surface area contributed by atoms with Gasteiger partial charge in [-0.15, -0.1) is 34.0 Å². The van der Waals surface area contributed by atoms with Gasteiger partial charge < -0.3 is 0 Å². The van der Waals surface area contributed by atoms with Crippen LogP contribution in [0, 0.1) is 0 Å². The van der Waals surface area contributed by atoms with Gasteiger partial charge in [-0.2, -0.15) is 0 Å². The van der Waals surface area contributed by atoms with Gasteiger partial charge in [0.05, 0.1) is 0 Å². The average molecular weight is 437 g/mol. The molecular weight excluding hydrogens is 408 g/mol. The number of fused-ring (bicyclic) bond motifs is 7. The van der Waals surface area contributed by atoms with Gasteiger partial charge in [-0.3, -0.25) is 0 Å². The lowest BCUT2D eigenvalue weighted by Gasteiger charge is -2.00. The van der Waals surface area contributed by atoms with Gasteiger partial charge in [0, 0.05) is 45.2 Å². The lowest BCUT2D eigenvalue weighted by molar-refractivity contribution is 0.576. The van der Waals surface area contributed by atoms with Crippen molar-refractivity contribution in [3.8, 4) is 0 Å². The lowest BCUT2D eigenvalue weighted by atomic mass is 10.1. The number of hydrogen-bond donors (Lipinski definition) is 0. The second-order valence-electron chi connectivity index (χ2n) is 8.17. The predicted octanol–water partition coefficient (Wildman–Crippen LogP) is 10.2. The number of aryl methyl sites for hydroxylation is 1. The number of benzene rings is 2. The smallest absolute Gasteiger partial charge is 0.0442 e. The Kier molecular flexibility index (Phi) is 5.90. The second kappa shape index (κ2) is 8.75. The third-order valence-corrected chi connectivity index (χ3v) is 9.39. The van der Waals surface area contributed by atoms with Gasteiger partial charge in [0.25, 0.3) is 0 Å². The summed E-state index contributed by atoms with van der Waals surface area (Å²) in [6.45, 7) is 2.29. The minimum absolute atomic E-state index is 1.25. The molecule has 0 spiro atoms. The van der Waals surface area contributed by atoms with E-state index < -0.39 is 0 Å². The first-order valence-electron chi connectivity index (χ1n) is 11.1. The standard InChI is InChI=1S/C26H28S3/c1-2-3-4-5-6-7-8-9-10-18-17-22-24(28-18)14-12-20-19-11-13-23-21(15-16-27-23)25(19)29-26(20)22/h11-17H,2-10H2,1H3. The van der Waals surface area contributed by atoms with E-state index >= 15 is 0 Å². The molecule has 0 fully saturated rings. The zero-order chi connectivity index (χ0) is 19.6. The number of rotatable bonds is 9. The van der Waals surface area contributed by atoms with E-state index in [1.807, 2.05) is 34.0 Å². The van der Waals surface area contributed by atoms with Crippen LogP contribution in [-0.2, 0) is 6.42 Å². The average Bonchev–Trinajstić information content (AvgIpc) is 3.44. The fraction of sp³-hybridized carbons (Fsp3) is 0.385. The van der Waals surface area contributed by atoms with Gasteiger partial charge in [0.1, 0.15) is 0 Å². The van der Waals surface area contributed by atoms with Crippen LogP contribution in [0.3, 0.4) is 0 Å². The van der Waals surface area contributed by atoms with Crippen LogP contribution in [0.15, 0.2) is 41.8 Å². The second-order valence-corrected chi connectivity index (χ2v) is 11.3. The van der Waals surface area contributed by atoms with E-state index in [1.54, 1.807) is 4.88 Å². The summed E-state index contributed by atoms with van der Waals surface area (Å²) in [6.07, 6.45) is 12.4. The number of unbranched alkanes of at least 4 members (excludes halogenated alkanes) is 7. The van der Waals surface area contributed by atoms with Crippen molar-refractivity contribution in [3.05, 3.63) is 46.7 Å². The first-order valence-corrected chi connectivity index (χ1v) is 13.6. The molecule has 0 nitrogen and oxygen atoms in total. The summed E-state index contributed by atoms with van der Waals surface area (Å²) in [5.41, 5.74) is 0. The highest BCUT2D eigenvalue weighted by molar-refractivity contribution is 7.29. The van der Waals surface area contributed by atoms with Crippen LogP contribution in [0.5, 0.6) is 0 Å². The molecule has 3 heterocycles. The molecule has 3 aromatic heterocycles. The van der Waals surface area contributed by atoms with Crippen LogP contribution in [-0.4, -0.2) is 0 Å². The summed E-state index contributed by atoms with van der Waals surface area (Å²) in [7, 11) is 0. The van der Waals surface area contributed by atoms with Gasteiger partial charge in [0.2, 0.25) is 0 Å². The van der Waals surface area contributed by atoms with Crippen molar-refractivity contribution >= 4 is 74.4 Å². The first-order chi connectivity index (χ1) is 14.3. The summed E-state index contributed by atoms with van der Waals surface area (Å²) in [6, 6.07) is 14.1. The SMILES string of the molecule is CCCCCCCCCCc1cc2c(ccc3c4ccc5sccc5c4sc23)s1. The fourth-order valence-electron chi connectivity index (χ4n) is 4.46. The first kappa shape index (κ1) is 19.5. The Morgan fingerprint density at radius 1 is 0.621 bits per heavy atom. The van der Waals surface area contributed by atoms with Crippen LogP contribution in [0.4, 0.5) is 0 Å². The molecule has 0 atom stereocenters. The molecule has 0 radical (unpaired) electrons. The number of hydrogen-bond acceptors (Lipinski definition) is 3. The topological polar surface area (TPSA) is 0 Å². The zero-order valence-corrected chi connectivity index (χ0v) is 19.6. The van der Waals surface area contributed by atoms with Crippen molar-refractivity contribution in [2.75, 3.05) is 0 Å². The van der Waals surface area contributed by atoms with E-state index in [4.69, 9.17) is 0 Å². The summed E-state index contributed by atoms with van der Waals surface area (Å²) in [5, 5.41) is 7.98. The Balaban J connectivity index is 1.34. The van der Waals surface area contributed by atoms with E-state index in [-0.39, 0.29) is 0 Å². The molecule has 0 aliphatic carbocycles. The maximum atomic E-state index is 2.49. The Bertz CT molecular complexity index is 1250. The van der Waals surface area contributed by atoms with Crippen molar-refractivity contribution in [1.82, 2.24) is 0 Å². The third kappa shape index (κ3) is 3.85. The Hall–Kier alpha value is -1.42. The van der Waals surface area contributed by atoms with Crippen LogP contribution < -0.4 is 0 Å². The van der Waals surface area contributed by atoms with Crippen molar-refractivity contribution in [2.45, 2.75) is 64.7 Å². The van der Waals surface area contributed by atoms with Crippen LogP contribution >= 0.6 is 34.0 Å². The molecule has 3 heteroatoms. The van der Waals surface area contributed by atoms with Crippen LogP contribution in [0.1, 0.15) is 63.2 Å². The van der Waals surface area contributed by atoms with Gasteiger partial charge in [-0.05, 0) is 42.5 Å². The Morgan fingerprint density at radius 3 is 2.10 bits per heavy atom. The summed E-state index contributed by atoms with van der Waals surface area (Å²) < 4.78 is 5.80. The van der Waals surface area contributed by atoms with E-state index in [2.05, 4.69) is 48.7 Å². The maximum absolute atomic E-state index is 2.49. The molecule has 2 aromatic carbocycles. The molecule has 0 saturated heterocycles. The third-order valence-electron chi connectivity index (χ3n) is 6.06. The van der Waals surface area contributed by atoms with E-state index in [9.17, 15) is 0 Å². The van der Waals surface area contributed by atoms with Gasteiger partial charge >= 0.3 is 0 Å².